The molecule has 2 N–H and O–H groups in total. The van der Waals surface area contributed by atoms with Crippen LogP contribution in [0.4, 0.5) is 0 Å². The number of aromatic nitrogens is 3. The van der Waals surface area contributed by atoms with Crippen LogP contribution in [0.15, 0.2) is 30.5 Å². The molecule has 1 aromatic heterocycles. The first kappa shape index (κ1) is 16.8. The number of aliphatic hydroxyl groups is 1. The Morgan fingerprint density at radius 1 is 1.35 bits per heavy atom. The van der Waals surface area contributed by atoms with E-state index in [1.54, 1.807) is 19.4 Å². The predicted octanol–water partition coefficient (Wildman–Crippen LogP) is 0.364. The van der Waals surface area contributed by atoms with Gasteiger partial charge in [0.2, 0.25) is 5.91 Å². The lowest BCUT2D eigenvalue weighted by Gasteiger charge is -2.08. The van der Waals surface area contributed by atoms with Crippen LogP contribution >= 0.6 is 0 Å². The SMILES string of the molecule is COc1ccccc1OCc1cn(CC(=O)NCCCO)nn1. The second-order valence-corrected chi connectivity index (χ2v) is 4.77. The first-order valence-corrected chi connectivity index (χ1v) is 7.25. The number of benzene rings is 1. The van der Waals surface area contributed by atoms with E-state index in [2.05, 4.69) is 15.6 Å². The number of nitrogens with zero attached hydrogens (tertiary/aromatic N) is 3. The lowest BCUT2D eigenvalue weighted by molar-refractivity contribution is -0.121. The Morgan fingerprint density at radius 3 is 2.87 bits per heavy atom. The van der Waals surface area contributed by atoms with Crippen molar-refractivity contribution < 1.29 is 19.4 Å². The van der Waals surface area contributed by atoms with Gasteiger partial charge in [0, 0.05) is 13.2 Å². The summed E-state index contributed by atoms with van der Waals surface area (Å²) in [6, 6.07) is 7.32. The summed E-state index contributed by atoms with van der Waals surface area (Å²) < 4.78 is 12.3. The van der Waals surface area contributed by atoms with Crippen molar-refractivity contribution in [1.29, 1.82) is 0 Å². The van der Waals surface area contributed by atoms with Gasteiger partial charge in [-0.25, -0.2) is 4.68 Å². The normalized spacial score (nSPS) is 10.3. The molecule has 0 aliphatic rings. The summed E-state index contributed by atoms with van der Waals surface area (Å²) in [5, 5.41) is 19.2. The number of hydrogen-bond acceptors (Lipinski definition) is 6. The van der Waals surface area contributed by atoms with Gasteiger partial charge in [-0.05, 0) is 18.6 Å². The maximum atomic E-state index is 11.6. The molecule has 23 heavy (non-hydrogen) atoms. The highest BCUT2D eigenvalue weighted by atomic mass is 16.5. The van der Waals surface area contributed by atoms with E-state index in [0.717, 1.165) is 0 Å². The van der Waals surface area contributed by atoms with E-state index in [9.17, 15) is 4.79 Å². The van der Waals surface area contributed by atoms with E-state index in [0.29, 0.717) is 30.2 Å². The van der Waals surface area contributed by atoms with Crippen molar-refractivity contribution in [2.75, 3.05) is 20.3 Å². The number of rotatable bonds is 9. The van der Waals surface area contributed by atoms with Crippen LogP contribution in [-0.4, -0.2) is 46.3 Å². The molecule has 0 saturated heterocycles. The standard InChI is InChI=1S/C15H20N4O4/c1-22-13-5-2-3-6-14(13)23-11-12-9-19(18-17-12)10-15(21)16-7-4-8-20/h2-3,5-6,9,20H,4,7-8,10-11H2,1H3,(H,16,21). The molecule has 0 radical (unpaired) electrons. The first-order chi connectivity index (χ1) is 11.2. The largest absolute Gasteiger partial charge is 0.493 e. The molecule has 0 saturated carbocycles. The van der Waals surface area contributed by atoms with Gasteiger partial charge in [-0.3, -0.25) is 4.79 Å². The molecule has 0 aliphatic heterocycles. The van der Waals surface area contributed by atoms with Crippen LogP contribution in [0, 0.1) is 0 Å². The zero-order chi connectivity index (χ0) is 16.5. The highest BCUT2D eigenvalue weighted by Crippen LogP contribution is 2.26. The maximum absolute atomic E-state index is 11.6. The Balaban J connectivity index is 1.84. The summed E-state index contributed by atoms with van der Waals surface area (Å²) >= 11 is 0. The lowest BCUT2D eigenvalue weighted by Crippen LogP contribution is -2.29. The third-order valence-corrected chi connectivity index (χ3v) is 2.99. The second kappa shape index (κ2) is 8.74. The molecule has 0 spiro atoms. The van der Waals surface area contributed by atoms with E-state index in [1.165, 1.54) is 4.68 Å². The minimum atomic E-state index is -0.180. The number of aliphatic hydroxyl groups excluding tert-OH is 1. The summed E-state index contributed by atoms with van der Waals surface area (Å²) in [6.45, 7) is 0.793. The maximum Gasteiger partial charge on any atom is 0.241 e. The Hall–Kier alpha value is -2.61. The van der Waals surface area contributed by atoms with Gasteiger partial charge in [0.05, 0.1) is 13.3 Å². The summed E-state index contributed by atoms with van der Waals surface area (Å²) in [5.41, 5.74) is 0.610. The fraction of sp³-hybridized carbons (Fsp3) is 0.400. The van der Waals surface area contributed by atoms with Crippen molar-refractivity contribution in [2.45, 2.75) is 19.6 Å². The van der Waals surface area contributed by atoms with Crippen LogP contribution < -0.4 is 14.8 Å². The number of carbonyl (C=O) groups excluding carboxylic acids is 1. The van der Waals surface area contributed by atoms with Gasteiger partial charge >= 0.3 is 0 Å². The third-order valence-electron chi connectivity index (χ3n) is 2.99. The number of carbonyl (C=O) groups is 1. The van der Waals surface area contributed by atoms with E-state index in [-0.39, 0.29) is 25.7 Å². The van der Waals surface area contributed by atoms with Crippen molar-refractivity contribution in [2.24, 2.45) is 0 Å². The number of nitrogens with one attached hydrogen (secondary N) is 1. The molecule has 0 unspecified atom stereocenters. The summed E-state index contributed by atoms with van der Waals surface area (Å²) in [6.07, 6.45) is 2.18. The van der Waals surface area contributed by atoms with Crippen molar-refractivity contribution in [3.05, 3.63) is 36.2 Å². The monoisotopic (exact) mass is 320 g/mol. The number of methoxy groups -OCH3 is 1. The topological polar surface area (TPSA) is 98.5 Å². The summed E-state index contributed by atoms with van der Waals surface area (Å²) in [7, 11) is 1.58. The Bertz CT molecular complexity index is 629. The van der Waals surface area contributed by atoms with Gasteiger partial charge in [0.1, 0.15) is 18.8 Å². The smallest absolute Gasteiger partial charge is 0.241 e. The molecule has 1 heterocycles. The van der Waals surface area contributed by atoms with Crippen LogP contribution in [0.1, 0.15) is 12.1 Å². The van der Waals surface area contributed by atoms with E-state index in [1.807, 2.05) is 18.2 Å². The van der Waals surface area contributed by atoms with Gasteiger partial charge in [0.25, 0.3) is 0 Å². The van der Waals surface area contributed by atoms with Crippen molar-refractivity contribution >= 4 is 5.91 Å². The third kappa shape index (κ3) is 5.26. The molecule has 0 aliphatic carbocycles. The molecule has 2 rings (SSSR count). The van der Waals surface area contributed by atoms with Crippen LogP contribution in [0.25, 0.3) is 0 Å². The number of ether oxygens (including phenoxy) is 2. The van der Waals surface area contributed by atoms with Gasteiger partial charge in [-0.2, -0.15) is 0 Å². The Kier molecular flexibility index (Phi) is 6.37. The van der Waals surface area contributed by atoms with Gasteiger partial charge in [-0.1, -0.05) is 17.3 Å². The highest BCUT2D eigenvalue weighted by molar-refractivity contribution is 5.75. The number of amides is 1. The molecule has 124 valence electrons. The fourth-order valence-electron chi connectivity index (χ4n) is 1.88. The summed E-state index contributed by atoms with van der Waals surface area (Å²) in [4.78, 5) is 11.6. The second-order valence-electron chi connectivity index (χ2n) is 4.77. The van der Waals surface area contributed by atoms with E-state index < -0.39 is 0 Å². The lowest BCUT2D eigenvalue weighted by atomic mass is 10.3. The molecule has 8 nitrogen and oxygen atoms in total. The molecule has 1 amide bonds. The van der Waals surface area contributed by atoms with E-state index in [4.69, 9.17) is 14.6 Å². The van der Waals surface area contributed by atoms with Crippen LogP contribution in [0.2, 0.25) is 0 Å². The molecular weight excluding hydrogens is 300 g/mol. The van der Waals surface area contributed by atoms with Gasteiger partial charge in [0.15, 0.2) is 11.5 Å². The molecule has 0 fully saturated rings. The zero-order valence-corrected chi connectivity index (χ0v) is 12.9. The van der Waals surface area contributed by atoms with Crippen molar-refractivity contribution in [1.82, 2.24) is 20.3 Å². The number of hydrogen-bond donors (Lipinski definition) is 2. The Labute approximate surface area is 134 Å². The van der Waals surface area contributed by atoms with Crippen LogP contribution in [-0.2, 0) is 17.9 Å². The van der Waals surface area contributed by atoms with E-state index >= 15 is 0 Å². The molecule has 0 bridgehead atoms. The van der Waals surface area contributed by atoms with Gasteiger partial charge < -0.3 is 19.9 Å². The van der Waals surface area contributed by atoms with Crippen molar-refractivity contribution in [3.8, 4) is 11.5 Å². The fourth-order valence-corrected chi connectivity index (χ4v) is 1.88. The molecule has 0 atom stereocenters. The quantitative estimate of drug-likeness (QED) is 0.648. The average molecular weight is 320 g/mol. The van der Waals surface area contributed by atoms with Crippen molar-refractivity contribution in [3.63, 3.8) is 0 Å². The molecule has 2 aromatic rings. The van der Waals surface area contributed by atoms with Crippen LogP contribution in [0.3, 0.4) is 0 Å². The predicted molar refractivity (Wildman–Crippen MR) is 82.1 cm³/mol. The highest BCUT2D eigenvalue weighted by Gasteiger charge is 2.08. The van der Waals surface area contributed by atoms with Crippen LogP contribution in [0.5, 0.6) is 11.5 Å². The number of para-hydroxylation sites is 2. The first-order valence-electron chi connectivity index (χ1n) is 7.25. The van der Waals surface area contributed by atoms with Gasteiger partial charge in [-0.15, -0.1) is 5.10 Å². The molecular formula is C15H20N4O4. The average Bonchev–Trinajstić information content (AvgIpc) is 3.00. The Morgan fingerprint density at radius 2 is 2.13 bits per heavy atom. The molecule has 8 heteroatoms. The molecule has 1 aromatic carbocycles. The minimum Gasteiger partial charge on any atom is -0.493 e. The zero-order valence-electron chi connectivity index (χ0n) is 12.9. The summed E-state index contributed by atoms with van der Waals surface area (Å²) in [5.74, 6) is 1.08. The minimum absolute atomic E-state index is 0.0496.